The van der Waals surface area contributed by atoms with Crippen molar-refractivity contribution in [1.29, 1.82) is 0 Å². The van der Waals surface area contributed by atoms with Crippen molar-refractivity contribution in [1.82, 2.24) is 5.32 Å². The van der Waals surface area contributed by atoms with E-state index in [4.69, 9.17) is 0 Å². The summed E-state index contributed by atoms with van der Waals surface area (Å²) in [6.45, 7) is 2.08. The molecular formula is C17H18BrNOS. The lowest BCUT2D eigenvalue weighted by Crippen LogP contribution is -2.29. The average Bonchev–Trinajstić information content (AvgIpc) is 2.52. The summed E-state index contributed by atoms with van der Waals surface area (Å²) < 4.78 is 1.05. The molecule has 0 saturated carbocycles. The second-order valence-electron chi connectivity index (χ2n) is 4.68. The number of thioether (sulfide) groups is 1. The summed E-state index contributed by atoms with van der Waals surface area (Å²) in [5.41, 5.74) is 1.14. The quantitative estimate of drug-likeness (QED) is 0.746. The first-order valence-corrected chi connectivity index (χ1v) is 8.69. The molecule has 0 aliphatic rings. The van der Waals surface area contributed by atoms with Gasteiger partial charge >= 0.3 is 0 Å². The summed E-state index contributed by atoms with van der Waals surface area (Å²) in [4.78, 5) is 13.2. The molecule has 21 heavy (non-hydrogen) atoms. The van der Waals surface area contributed by atoms with E-state index >= 15 is 0 Å². The monoisotopic (exact) mass is 363 g/mol. The third-order valence-corrected chi connectivity index (χ3v) is 4.67. The van der Waals surface area contributed by atoms with Gasteiger partial charge in [-0.05, 0) is 36.2 Å². The van der Waals surface area contributed by atoms with Crippen LogP contribution in [-0.4, -0.2) is 11.7 Å². The lowest BCUT2D eigenvalue weighted by molar-refractivity contribution is -0.119. The second-order valence-corrected chi connectivity index (χ2v) is 6.65. The van der Waals surface area contributed by atoms with E-state index in [-0.39, 0.29) is 11.9 Å². The van der Waals surface area contributed by atoms with E-state index in [1.807, 2.05) is 54.6 Å². The van der Waals surface area contributed by atoms with E-state index in [0.29, 0.717) is 5.75 Å². The Bertz CT molecular complexity index is 571. The van der Waals surface area contributed by atoms with Gasteiger partial charge < -0.3 is 5.32 Å². The Balaban J connectivity index is 1.89. The van der Waals surface area contributed by atoms with Gasteiger partial charge in [0.2, 0.25) is 5.91 Å². The van der Waals surface area contributed by atoms with Crippen LogP contribution in [0.5, 0.6) is 0 Å². The van der Waals surface area contributed by atoms with E-state index in [0.717, 1.165) is 21.4 Å². The molecule has 2 nitrogen and oxygen atoms in total. The Kier molecular flexibility index (Phi) is 6.33. The van der Waals surface area contributed by atoms with Gasteiger partial charge in [-0.1, -0.05) is 53.2 Å². The summed E-state index contributed by atoms with van der Waals surface area (Å²) >= 11 is 4.99. The zero-order valence-electron chi connectivity index (χ0n) is 11.9. The SMILES string of the molecule is CCC(NC(=O)CSc1ccccc1)c1ccc(Br)cc1. The van der Waals surface area contributed by atoms with Crippen molar-refractivity contribution in [2.75, 3.05) is 5.75 Å². The number of nitrogens with one attached hydrogen (secondary N) is 1. The van der Waals surface area contributed by atoms with Crippen molar-refractivity contribution < 1.29 is 4.79 Å². The van der Waals surface area contributed by atoms with Crippen LogP contribution in [0.2, 0.25) is 0 Å². The Morgan fingerprint density at radius 3 is 2.43 bits per heavy atom. The number of carbonyl (C=O) groups is 1. The molecule has 0 aliphatic heterocycles. The van der Waals surface area contributed by atoms with Crippen LogP contribution in [0.3, 0.4) is 0 Å². The summed E-state index contributed by atoms with van der Waals surface area (Å²) in [6, 6.07) is 18.1. The predicted molar refractivity (Wildman–Crippen MR) is 92.5 cm³/mol. The second kappa shape index (κ2) is 8.25. The maximum absolute atomic E-state index is 12.1. The number of hydrogen-bond acceptors (Lipinski definition) is 2. The molecule has 1 amide bonds. The first-order chi connectivity index (χ1) is 10.2. The number of amides is 1. The molecule has 0 aliphatic carbocycles. The summed E-state index contributed by atoms with van der Waals surface area (Å²) in [6.07, 6.45) is 0.878. The van der Waals surface area contributed by atoms with Crippen LogP contribution in [0.4, 0.5) is 0 Å². The smallest absolute Gasteiger partial charge is 0.230 e. The maximum atomic E-state index is 12.1. The first kappa shape index (κ1) is 16.1. The molecule has 1 unspecified atom stereocenters. The molecule has 0 radical (unpaired) electrons. The largest absolute Gasteiger partial charge is 0.349 e. The molecule has 0 spiro atoms. The highest BCUT2D eigenvalue weighted by atomic mass is 79.9. The van der Waals surface area contributed by atoms with Crippen LogP contribution in [0.15, 0.2) is 64.0 Å². The Morgan fingerprint density at radius 2 is 1.81 bits per heavy atom. The highest BCUT2D eigenvalue weighted by Crippen LogP contribution is 2.21. The van der Waals surface area contributed by atoms with Gasteiger partial charge in [-0.3, -0.25) is 4.79 Å². The Morgan fingerprint density at radius 1 is 1.14 bits per heavy atom. The number of hydrogen-bond donors (Lipinski definition) is 1. The summed E-state index contributed by atoms with van der Waals surface area (Å²) in [7, 11) is 0. The molecule has 4 heteroatoms. The van der Waals surface area contributed by atoms with Crippen molar-refractivity contribution in [3.8, 4) is 0 Å². The average molecular weight is 364 g/mol. The van der Waals surface area contributed by atoms with Crippen LogP contribution in [-0.2, 0) is 4.79 Å². The summed E-state index contributed by atoms with van der Waals surface area (Å²) in [5, 5.41) is 3.10. The fourth-order valence-electron chi connectivity index (χ4n) is 2.02. The minimum Gasteiger partial charge on any atom is -0.349 e. The minimum absolute atomic E-state index is 0.0682. The van der Waals surface area contributed by atoms with Crippen molar-refractivity contribution >= 4 is 33.6 Å². The normalized spacial score (nSPS) is 11.9. The van der Waals surface area contributed by atoms with E-state index in [1.165, 1.54) is 0 Å². The van der Waals surface area contributed by atoms with E-state index in [2.05, 4.69) is 28.2 Å². The van der Waals surface area contributed by atoms with Gasteiger partial charge in [-0.15, -0.1) is 11.8 Å². The molecule has 0 aromatic heterocycles. The van der Waals surface area contributed by atoms with Gasteiger partial charge in [0.25, 0.3) is 0 Å². The molecule has 0 heterocycles. The van der Waals surface area contributed by atoms with Gasteiger partial charge in [0, 0.05) is 9.37 Å². The highest BCUT2D eigenvalue weighted by Gasteiger charge is 2.12. The molecule has 0 fully saturated rings. The molecule has 1 atom stereocenters. The number of carbonyl (C=O) groups excluding carboxylic acids is 1. The van der Waals surface area contributed by atoms with Crippen LogP contribution >= 0.6 is 27.7 Å². The molecule has 0 bridgehead atoms. The molecule has 110 valence electrons. The lowest BCUT2D eigenvalue weighted by atomic mass is 10.0. The lowest BCUT2D eigenvalue weighted by Gasteiger charge is -2.17. The molecular weight excluding hydrogens is 346 g/mol. The maximum Gasteiger partial charge on any atom is 0.230 e. The van der Waals surface area contributed by atoms with Crippen molar-refractivity contribution in [3.63, 3.8) is 0 Å². The van der Waals surface area contributed by atoms with Crippen LogP contribution in [0.25, 0.3) is 0 Å². The van der Waals surface area contributed by atoms with Gasteiger partial charge in [-0.25, -0.2) is 0 Å². The van der Waals surface area contributed by atoms with Crippen LogP contribution < -0.4 is 5.32 Å². The first-order valence-electron chi connectivity index (χ1n) is 6.91. The molecule has 0 saturated heterocycles. The fourth-order valence-corrected chi connectivity index (χ4v) is 3.01. The Labute approximate surface area is 138 Å². The van der Waals surface area contributed by atoms with Crippen LogP contribution in [0.1, 0.15) is 24.9 Å². The predicted octanol–water partition coefficient (Wildman–Crippen LogP) is 4.81. The Hall–Kier alpha value is -1.26. The fraction of sp³-hybridized carbons (Fsp3) is 0.235. The topological polar surface area (TPSA) is 29.1 Å². The van der Waals surface area contributed by atoms with Crippen LogP contribution in [0, 0.1) is 0 Å². The zero-order valence-corrected chi connectivity index (χ0v) is 14.3. The highest BCUT2D eigenvalue weighted by molar-refractivity contribution is 9.10. The van der Waals surface area contributed by atoms with E-state index in [9.17, 15) is 4.79 Å². The number of rotatable bonds is 6. The van der Waals surface area contributed by atoms with Gasteiger partial charge in [0.05, 0.1) is 11.8 Å². The summed E-state index contributed by atoms with van der Waals surface area (Å²) in [5.74, 6) is 0.510. The van der Waals surface area contributed by atoms with Crippen molar-refractivity contribution in [2.45, 2.75) is 24.3 Å². The number of halogens is 1. The van der Waals surface area contributed by atoms with Crippen molar-refractivity contribution in [2.24, 2.45) is 0 Å². The molecule has 2 rings (SSSR count). The van der Waals surface area contributed by atoms with Gasteiger partial charge in [0.1, 0.15) is 0 Å². The van der Waals surface area contributed by atoms with Crippen molar-refractivity contribution in [3.05, 3.63) is 64.6 Å². The standard InChI is InChI=1S/C17H18BrNOS/c1-2-16(13-8-10-14(18)11-9-13)19-17(20)12-21-15-6-4-3-5-7-15/h3-11,16H,2,12H2,1H3,(H,19,20). The van der Waals surface area contributed by atoms with E-state index < -0.39 is 0 Å². The van der Waals surface area contributed by atoms with Gasteiger partial charge in [-0.2, -0.15) is 0 Å². The third kappa shape index (κ3) is 5.21. The molecule has 2 aromatic rings. The third-order valence-electron chi connectivity index (χ3n) is 3.13. The zero-order chi connectivity index (χ0) is 15.1. The molecule has 2 aromatic carbocycles. The number of benzene rings is 2. The van der Waals surface area contributed by atoms with Gasteiger partial charge in [0.15, 0.2) is 0 Å². The minimum atomic E-state index is 0.0682. The van der Waals surface area contributed by atoms with E-state index in [1.54, 1.807) is 11.8 Å². The molecule has 1 N–H and O–H groups in total.